The van der Waals surface area contributed by atoms with Crippen LogP contribution in [0.4, 0.5) is 5.69 Å². The van der Waals surface area contributed by atoms with Crippen LogP contribution in [0.25, 0.3) is 11.3 Å². The number of aromatic nitrogens is 2. The zero-order valence-electron chi connectivity index (χ0n) is 12.6. The molecule has 0 aliphatic carbocycles. The second-order valence-electron chi connectivity index (χ2n) is 4.79. The quantitative estimate of drug-likeness (QED) is 0.802. The van der Waals surface area contributed by atoms with E-state index in [0.29, 0.717) is 22.7 Å². The molecule has 5 nitrogen and oxygen atoms in total. The average molecular weight is 305 g/mol. The smallest absolute Gasteiger partial charge is 0.256 e. The van der Waals surface area contributed by atoms with Crippen LogP contribution in [0.15, 0.2) is 67.1 Å². The number of ether oxygens (including phenoxy) is 1. The van der Waals surface area contributed by atoms with Crippen LogP contribution < -0.4 is 10.1 Å². The largest absolute Gasteiger partial charge is 0.495 e. The van der Waals surface area contributed by atoms with E-state index in [1.165, 1.54) is 6.33 Å². The molecule has 3 aromatic rings. The van der Waals surface area contributed by atoms with E-state index in [9.17, 15) is 4.79 Å². The Hall–Kier alpha value is -3.21. The molecule has 0 atom stereocenters. The molecule has 0 saturated heterocycles. The fourth-order valence-corrected chi connectivity index (χ4v) is 2.29. The summed E-state index contributed by atoms with van der Waals surface area (Å²) in [5, 5.41) is 2.88. The maximum Gasteiger partial charge on any atom is 0.256 e. The molecule has 3 rings (SSSR count). The van der Waals surface area contributed by atoms with E-state index in [-0.39, 0.29) is 5.91 Å². The topological polar surface area (TPSA) is 64.1 Å². The van der Waals surface area contributed by atoms with E-state index >= 15 is 0 Å². The van der Waals surface area contributed by atoms with Crippen LogP contribution in [0.3, 0.4) is 0 Å². The summed E-state index contributed by atoms with van der Waals surface area (Å²) in [5.41, 5.74) is 2.61. The molecule has 2 aromatic carbocycles. The summed E-state index contributed by atoms with van der Waals surface area (Å²) in [4.78, 5) is 20.8. The maximum absolute atomic E-state index is 12.7. The summed E-state index contributed by atoms with van der Waals surface area (Å²) in [6.07, 6.45) is 3.11. The van der Waals surface area contributed by atoms with Crippen LogP contribution in [-0.4, -0.2) is 23.0 Å². The van der Waals surface area contributed by atoms with E-state index in [4.69, 9.17) is 4.74 Å². The summed E-state index contributed by atoms with van der Waals surface area (Å²) in [6.45, 7) is 0. The van der Waals surface area contributed by atoms with E-state index in [1.54, 1.807) is 37.6 Å². The number of benzene rings is 2. The Bertz CT molecular complexity index is 819. The first-order valence-corrected chi connectivity index (χ1v) is 7.09. The summed E-state index contributed by atoms with van der Waals surface area (Å²) >= 11 is 0. The Balaban J connectivity index is 1.95. The van der Waals surface area contributed by atoms with Gasteiger partial charge < -0.3 is 10.1 Å². The highest BCUT2D eigenvalue weighted by atomic mass is 16.5. The number of anilines is 1. The molecular weight excluding hydrogens is 290 g/mol. The molecule has 0 aliphatic heterocycles. The Labute approximate surface area is 134 Å². The molecule has 1 heterocycles. The van der Waals surface area contributed by atoms with Crippen molar-refractivity contribution >= 4 is 11.6 Å². The lowest BCUT2D eigenvalue weighted by Crippen LogP contribution is -2.14. The number of methoxy groups -OCH3 is 1. The summed E-state index contributed by atoms with van der Waals surface area (Å²) in [7, 11) is 1.57. The van der Waals surface area contributed by atoms with Gasteiger partial charge in [0.25, 0.3) is 5.91 Å². The number of rotatable bonds is 4. The van der Waals surface area contributed by atoms with Crippen LogP contribution in [0.2, 0.25) is 0 Å². The predicted octanol–water partition coefficient (Wildman–Crippen LogP) is 3.40. The second-order valence-corrected chi connectivity index (χ2v) is 4.79. The molecule has 0 spiro atoms. The minimum absolute atomic E-state index is 0.219. The Morgan fingerprint density at radius 2 is 1.83 bits per heavy atom. The first kappa shape index (κ1) is 14.7. The van der Waals surface area contributed by atoms with Crippen molar-refractivity contribution in [2.45, 2.75) is 0 Å². The number of carbonyl (C=O) groups is 1. The van der Waals surface area contributed by atoms with Crippen molar-refractivity contribution in [3.8, 4) is 17.0 Å². The fraction of sp³-hybridized carbons (Fsp3) is 0.0556. The molecule has 0 aliphatic rings. The highest BCUT2D eigenvalue weighted by molar-refractivity contribution is 6.09. The van der Waals surface area contributed by atoms with Crippen molar-refractivity contribution in [1.29, 1.82) is 0 Å². The Morgan fingerprint density at radius 3 is 2.61 bits per heavy atom. The zero-order valence-corrected chi connectivity index (χ0v) is 12.6. The molecular formula is C18H15N3O2. The number of nitrogens with zero attached hydrogens (tertiary/aromatic N) is 2. The lowest BCUT2D eigenvalue weighted by atomic mass is 10.0. The SMILES string of the molecule is COc1ccccc1NC(=O)c1ccccc1-c1ccncn1. The summed E-state index contributed by atoms with van der Waals surface area (Å²) in [6, 6.07) is 16.4. The third-order valence-corrected chi connectivity index (χ3v) is 3.38. The number of carbonyl (C=O) groups excluding carboxylic acids is 1. The predicted molar refractivity (Wildman–Crippen MR) is 88.4 cm³/mol. The minimum Gasteiger partial charge on any atom is -0.495 e. The molecule has 23 heavy (non-hydrogen) atoms. The molecule has 0 saturated carbocycles. The number of nitrogens with one attached hydrogen (secondary N) is 1. The van der Waals surface area contributed by atoms with Crippen molar-refractivity contribution in [3.05, 3.63) is 72.7 Å². The highest BCUT2D eigenvalue weighted by Crippen LogP contribution is 2.26. The normalized spacial score (nSPS) is 10.1. The molecule has 0 unspecified atom stereocenters. The van der Waals surface area contributed by atoms with E-state index < -0.39 is 0 Å². The molecule has 1 N–H and O–H groups in total. The lowest BCUT2D eigenvalue weighted by Gasteiger charge is -2.12. The van der Waals surface area contributed by atoms with Gasteiger partial charge in [0.2, 0.25) is 0 Å². The Morgan fingerprint density at radius 1 is 1.04 bits per heavy atom. The molecule has 1 amide bonds. The second kappa shape index (κ2) is 6.70. The van der Waals surface area contributed by atoms with E-state index in [1.807, 2.05) is 30.3 Å². The standard InChI is InChI=1S/C18H15N3O2/c1-23-17-9-5-4-8-16(17)21-18(22)14-7-3-2-6-13(14)15-10-11-19-12-20-15/h2-12H,1H3,(H,21,22). The van der Waals surface area contributed by atoms with Gasteiger partial charge in [0.15, 0.2) is 0 Å². The van der Waals surface area contributed by atoms with Crippen molar-refractivity contribution in [2.24, 2.45) is 0 Å². The van der Waals surface area contributed by atoms with Crippen molar-refractivity contribution < 1.29 is 9.53 Å². The maximum atomic E-state index is 12.7. The van der Waals surface area contributed by atoms with Crippen molar-refractivity contribution in [3.63, 3.8) is 0 Å². The van der Waals surface area contributed by atoms with Crippen LogP contribution in [0.1, 0.15) is 10.4 Å². The highest BCUT2D eigenvalue weighted by Gasteiger charge is 2.14. The average Bonchev–Trinajstić information content (AvgIpc) is 2.63. The van der Waals surface area contributed by atoms with E-state index in [2.05, 4.69) is 15.3 Å². The summed E-state index contributed by atoms with van der Waals surface area (Å²) in [5.74, 6) is 0.393. The molecule has 0 radical (unpaired) electrons. The van der Waals surface area contributed by atoms with Gasteiger partial charge in [-0.05, 0) is 24.3 Å². The third kappa shape index (κ3) is 3.18. The van der Waals surface area contributed by atoms with Gasteiger partial charge in [-0.3, -0.25) is 4.79 Å². The number of para-hydroxylation sites is 2. The molecule has 1 aromatic heterocycles. The van der Waals surface area contributed by atoms with Crippen LogP contribution in [0.5, 0.6) is 5.75 Å². The number of hydrogen-bond donors (Lipinski definition) is 1. The van der Waals surface area contributed by atoms with Gasteiger partial charge in [0, 0.05) is 17.3 Å². The van der Waals surface area contributed by atoms with Gasteiger partial charge in [-0.1, -0.05) is 30.3 Å². The Kier molecular flexibility index (Phi) is 4.29. The van der Waals surface area contributed by atoms with Crippen LogP contribution >= 0.6 is 0 Å². The minimum atomic E-state index is -0.219. The lowest BCUT2D eigenvalue weighted by molar-refractivity contribution is 0.102. The fourth-order valence-electron chi connectivity index (χ4n) is 2.29. The number of hydrogen-bond acceptors (Lipinski definition) is 4. The summed E-state index contributed by atoms with van der Waals surface area (Å²) < 4.78 is 5.26. The van der Waals surface area contributed by atoms with Gasteiger partial charge in [-0.25, -0.2) is 9.97 Å². The zero-order chi connectivity index (χ0) is 16.1. The van der Waals surface area contributed by atoms with Gasteiger partial charge in [0.1, 0.15) is 12.1 Å². The first-order chi connectivity index (χ1) is 11.3. The van der Waals surface area contributed by atoms with Crippen molar-refractivity contribution in [2.75, 3.05) is 12.4 Å². The van der Waals surface area contributed by atoms with Crippen molar-refractivity contribution in [1.82, 2.24) is 9.97 Å². The molecule has 114 valence electrons. The van der Waals surface area contributed by atoms with Gasteiger partial charge in [0.05, 0.1) is 18.5 Å². The monoisotopic (exact) mass is 305 g/mol. The molecule has 0 fully saturated rings. The molecule has 5 heteroatoms. The van der Waals surface area contributed by atoms with Crippen LogP contribution in [-0.2, 0) is 0 Å². The van der Waals surface area contributed by atoms with E-state index in [0.717, 1.165) is 5.56 Å². The molecule has 0 bridgehead atoms. The van der Waals surface area contributed by atoms with Crippen LogP contribution in [0, 0.1) is 0 Å². The number of amides is 1. The first-order valence-electron chi connectivity index (χ1n) is 7.09. The van der Waals surface area contributed by atoms with Gasteiger partial charge >= 0.3 is 0 Å². The van der Waals surface area contributed by atoms with Gasteiger partial charge in [-0.15, -0.1) is 0 Å². The third-order valence-electron chi connectivity index (χ3n) is 3.38. The van der Waals surface area contributed by atoms with Gasteiger partial charge in [-0.2, -0.15) is 0 Å².